The summed E-state index contributed by atoms with van der Waals surface area (Å²) in [6.07, 6.45) is 5.66. The molecule has 20 heavy (non-hydrogen) atoms. The first-order valence-electron chi connectivity index (χ1n) is 6.28. The largest absolute Gasteiger partial charge is 0.497 e. The highest BCUT2D eigenvalue weighted by Crippen LogP contribution is 2.15. The lowest BCUT2D eigenvalue weighted by Crippen LogP contribution is -2.21. The topological polar surface area (TPSA) is 72.8 Å². The van der Waals surface area contributed by atoms with E-state index in [2.05, 4.69) is 15.0 Å². The van der Waals surface area contributed by atoms with Gasteiger partial charge in [-0.05, 0) is 18.2 Å². The molecule has 0 bridgehead atoms. The Morgan fingerprint density at radius 2 is 2.30 bits per heavy atom. The third-order valence-electron chi connectivity index (χ3n) is 3.21. The minimum atomic E-state index is -0.0617. The molecule has 6 nitrogen and oxygen atoms in total. The molecule has 0 atom stereocenters. The van der Waals surface area contributed by atoms with E-state index in [9.17, 15) is 4.79 Å². The fourth-order valence-electron chi connectivity index (χ4n) is 2.09. The second-order valence-corrected chi connectivity index (χ2v) is 4.45. The van der Waals surface area contributed by atoms with Crippen LogP contribution >= 0.6 is 0 Å². The van der Waals surface area contributed by atoms with Gasteiger partial charge in [0.2, 0.25) is 0 Å². The third-order valence-corrected chi connectivity index (χ3v) is 3.21. The number of H-pyrrole nitrogens is 1. The molecule has 2 aromatic heterocycles. The first-order valence-corrected chi connectivity index (χ1v) is 6.28. The number of aromatic amines is 1. The minimum Gasteiger partial charge on any atom is -0.497 e. The van der Waals surface area contributed by atoms with E-state index < -0.39 is 0 Å². The Balaban J connectivity index is 1.95. The molecule has 0 unspecified atom stereocenters. The van der Waals surface area contributed by atoms with E-state index in [0.717, 1.165) is 5.69 Å². The predicted octanol–water partition coefficient (Wildman–Crippen LogP) is 1.37. The Morgan fingerprint density at radius 1 is 1.40 bits per heavy atom. The monoisotopic (exact) mass is 270 g/mol. The van der Waals surface area contributed by atoms with Gasteiger partial charge in [-0.1, -0.05) is 0 Å². The fourth-order valence-corrected chi connectivity index (χ4v) is 2.09. The molecule has 3 aromatic rings. The van der Waals surface area contributed by atoms with Crippen LogP contribution in [0.1, 0.15) is 5.69 Å². The molecule has 0 saturated heterocycles. The molecule has 0 amide bonds. The lowest BCUT2D eigenvalue weighted by Gasteiger charge is -2.06. The maximum Gasteiger partial charge on any atom is 0.261 e. The maximum absolute atomic E-state index is 12.4. The summed E-state index contributed by atoms with van der Waals surface area (Å²) in [5.41, 5.74) is 1.60. The van der Waals surface area contributed by atoms with Crippen LogP contribution in [0.4, 0.5) is 0 Å². The van der Waals surface area contributed by atoms with Crippen molar-refractivity contribution in [3.8, 4) is 5.75 Å². The van der Waals surface area contributed by atoms with Crippen LogP contribution in [-0.2, 0) is 13.0 Å². The van der Waals surface area contributed by atoms with Crippen molar-refractivity contribution in [3.63, 3.8) is 0 Å². The van der Waals surface area contributed by atoms with Gasteiger partial charge in [0.05, 0.1) is 30.7 Å². The van der Waals surface area contributed by atoms with E-state index in [1.165, 1.54) is 0 Å². The van der Waals surface area contributed by atoms with Crippen molar-refractivity contribution in [1.29, 1.82) is 0 Å². The van der Waals surface area contributed by atoms with Crippen LogP contribution in [0, 0.1) is 0 Å². The number of methoxy groups -OCH3 is 1. The molecule has 1 aromatic carbocycles. The Kier molecular flexibility index (Phi) is 3.20. The zero-order valence-electron chi connectivity index (χ0n) is 11.0. The summed E-state index contributed by atoms with van der Waals surface area (Å²) in [6, 6.07) is 5.30. The summed E-state index contributed by atoms with van der Waals surface area (Å²) in [5.74, 6) is 0.655. The minimum absolute atomic E-state index is 0.0617. The summed E-state index contributed by atoms with van der Waals surface area (Å²) < 4.78 is 6.75. The summed E-state index contributed by atoms with van der Waals surface area (Å²) in [5, 5.41) is 0.566. The van der Waals surface area contributed by atoms with Gasteiger partial charge in [0.15, 0.2) is 0 Å². The lowest BCUT2D eigenvalue weighted by molar-refractivity contribution is 0.415. The second-order valence-electron chi connectivity index (χ2n) is 4.45. The van der Waals surface area contributed by atoms with E-state index in [4.69, 9.17) is 4.74 Å². The molecule has 0 aliphatic heterocycles. The fraction of sp³-hybridized carbons (Fsp3) is 0.214. The van der Waals surface area contributed by atoms with Gasteiger partial charge in [0, 0.05) is 24.9 Å². The molecule has 0 aliphatic rings. The van der Waals surface area contributed by atoms with Crippen molar-refractivity contribution in [2.75, 3.05) is 7.11 Å². The van der Waals surface area contributed by atoms with Crippen molar-refractivity contribution < 1.29 is 4.74 Å². The van der Waals surface area contributed by atoms with Crippen LogP contribution in [0.15, 0.2) is 41.8 Å². The van der Waals surface area contributed by atoms with E-state index >= 15 is 0 Å². The van der Waals surface area contributed by atoms with Gasteiger partial charge in [0.25, 0.3) is 5.56 Å². The number of ether oxygens (including phenoxy) is 1. The maximum atomic E-state index is 12.4. The summed E-state index contributed by atoms with van der Waals surface area (Å²) in [4.78, 5) is 23.7. The zero-order chi connectivity index (χ0) is 13.9. The van der Waals surface area contributed by atoms with Gasteiger partial charge in [0.1, 0.15) is 5.75 Å². The van der Waals surface area contributed by atoms with Gasteiger partial charge >= 0.3 is 0 Å². The first kappa shape index (κ1) is 12.4. The van der Waals surface area contributed by atoms with Gasteiger partial charge < -0.3 is 9.72 Å². The average molecular weight is 270 g/mol. The lowest BCUT2D eigenvalue weighted by atomic mass is 10.2. The molecule has 0 saturated carbocycles. The number of hydrogen-bond acceptors (Lipinski definition) is 4. The molecule has 0 fully saturated rings. The summed E-state index contributed by atoms with van der Waals surface area (Å²) in [6.45, 7) is 0.557. The summed E-state index contributed by atoms with van der Waals surface area (Å²) >= 11 is 0. The molecule has 2 heterocycles. The SMILES string of the molecule is COc1ccc2ncn(CCc3cnc[nH]3)c(=O)c2c1. The summed E-state index contributed by atoms with van der Waals surface area (Å²) in [7, 11) is 1.58. The van der Waals surface area contributed by atoms with Crippen molar-refractivity contribution in [2.45, 2.75) is 13.0 Å². The second kappa shape index (κ2) is 5.16. The van der Waals surface area contributed by atoms with Gasteiger partial charge in [-0.15, -0.1) is 0 Å². The number of aryl methyl sites for hydroxylation is 2. The smallest absolute Gasteiger partial charge is 0.261 e. The van der Waals surface area contributed by atoms with Crippen LogP contribution in [0.3, 0.4) is 0 Å². The predicted molar refractivity (Wildman–Crippen MR) is 74.8 cm³/mol. The Morgan fingerprint density at radius 3 is 3.05 bits per heavy atom. The van der Waals surface area contributed by atoms with Crippen LogP contribution in [0.5, 0.6) is 5.75 Å². The number of nitrogens with one attached hydrogen (secondary N) is 1. The van der Waals surface area contributed by atoms with Crippen molar-refractivity contribution in [2.24, 2.45) is 0 Å². The molecule has 3 rings (SSSR count). The standard InChI is InChI=1S/C14H14N4O2/c1-20-11-2-3-13-12(6-11)14(19)18(9-17-13)5-4-10-7-15-8-16-10/h2-3,6-9H,4-5H2,1H3,(H,15,16). The third kappa shape index (κ3) is 2.27. The molecule has 0 aliphatic carbocycles. The molecular weight excluding hydrogens is 256 g/mol. The van der Waals surface area contributed by atoms with Crippen molar-refractivity contribution >= 4 is 10.9 Å². The van der Waals surface area contributed by atoms with Crippen LogP contribution in [0.25, 0.3) is 10.9 Å². The molecule has 102 valence electrons. The highest BCUT2D eigenvalue weighted by Gasteiger charge is 2.06. The molecular formula is C14H14N4O2. The molecule has 6 heteroatoms. The van der Waals surface area contributed by atoms with E-state index in [1.807, 2.05) is 0 Å². The van der Waals surface area contributed by atoms with E-state index in [-0.39, 0.29) is 5.56 Å². The van der Waals surface area contributed by atoms with Crippen molar-refractivity contribution in [3.05, 3.63) is 53.1 Å². The number of aromatic nitrogens is 4. The Bertz CT molecular complexity index is 777. The number of fused-ring (bicyclic) bond motifs is 1. The van der Waals surface area contributed by atoms with Crippen molar-refractivity contribution in [1.82, 2.24) is 19.5 Å². The number of imidazole rings is 1. The quantitative estimate of drug-likeness (QED) is 0.777. The van der Waals surface area contributed by atoms with Gasteiger partial charge in [-0.25, -0.2) is 9.97 Å². The molecule has 0 spiro atoms. The highest BCUT2D eigenvalue weighted by atomic mass is 16.5. The average Bonchev–Trinajstić information content (AvgIpc) is 3.00. The van der Waals surface area contributed by atoms with Crippen LogP contribution in [-0.4, -0.2) is 26.6 Å². The highest BCUT2D eigenvalue weighted by molar-refractivity contribution is 5.78. The normalized spacial score (nSPS) is 10.8. The van der Waals surface area contributed by atoms with E-state index in [0.29, 0.717) is 29.6 Å². The number of rotatable bonds is 4. The Labute approximate surface area is 115 Å². The Hall–Kier alpha value is -2.63. The first-order chi connectivity index (χ1) is 9.78. The van der Waals surface area contributed by atoms with Crippen LogP contribution in [0.2, 0.25) is 0 Å². The zero-order valence-corrected chi connectivity index (χ0v) is 11.0. The number of benzene rings is 1. The van der Waals surface area contributed by atoms with Crippen LogP contribution < -0.4 is 10.3 Å². The number of nitrogens with zero attached hydrogens (tertiary/aromatic N) is 3. The number of hydrogen-bond donors (Lipinski definition) is 1. The molecule has 1 N–H and O–H groups in total. The van der Waals surface area contributed by atoms with Gasteiger partial charge in [-0.3, -0.25) is 9.36 Å². The molecule has 0 radical (unpaired) electrons. The van der Waals surface area contributed by atoms with E-state index in [1.54, 1.807) is 48.7 Å². The van der Waals surface area contributed by atoms with Gasteiger partial charge in [-0.2, -0.15) is 0 Å².